The Bertz CT molecular complexity index is 500. The molecular formula is C10H7N3S2. The highest BCUT2D eigenvalue weighted by Gasteiger charge is 2.08. The van der Waals surface area contributed by atoms with Crippen LogP contribution in [0.25, 0.3) is 0 Å². The Morgan fingerprint density at radius 1 is 1.47 bits per heavy atom. The summed E-state index contributed by atoms with van der Waals surface area (Å²) >= 11 is 2.83. The van der Waals surface area contributed by atoms with Gasteiger partial charge in [-0.1, -0.05) is 23.9 Å². The molecule has 0 aliphatic carbocycles. The van der Waals surface area contributed by atoms with E-state index in [4.69, 9.17) is 5.26 Å². The van der Waals surface area contributed by atoms with Gasteiger partial charge in [-0.15, -0.1) is 0 Å². The molecule has 0 saturated heterocycles. The van der Waals surface area contributed by atoms with Crippen molar-refractivity contribution in [2.24, 2.45) is 0 Å². The first-order valence-corrected chi connectivity index (χ1v) is 5.84. The van der Waals surface area contributed by atoms with Gasteiger partial charge in [0, 0.05) is 4.90 Å². The van der Waals surface area contributed by atoms with E-state index in [-0.39, 0.29) is 0 Å². The number of nitriles is 1. The molecule has 0 N–H and O–H groups in total. The van der Waals surface area contributed by atoms with E-state index in [1.807, 2.05) is 25.1 Å². The van der Waals surface area contributed by atoms with E-state index in [1.165, 1.54) is 29.6 Å². The first-order valence-electron chi connectivity index (χ1n) is 4.25. The third-order valence-corrected chi connectivity index (χ3v) is 3.82. The normalized spacial score (nSPS) is 9.87. The number of rotatable bonds is 2. The fraction of sp³-hybridized carbons (Fsp3) is 0.100. The van der Waals surface area contributed by atoms with Gasteiger partial charge in [0.2, 0.25) is 0 Å². The van der Waals surface area contributed by atoms with Crippen LogP contribution in [0.5, 0.6) is 0 Å². The van der Waals surface area contributed by atoms with Gasteiger partial charge >= 0.3 is 0 Å². The summed E-state index contributed by atoms with van der Waals surface area (Å²) in [7, 11) is 0. The highest BCUT2D eigenvalue weighted by molar-refractivity contribution is 8.01. The van der Waals surface area contributed by atoms with Crippen molar-refractivity contribution in [2.75, 3.05) is 0 Å². The Morgan fingerprint density at radius 2 is 2.33 bits per heavy atom. The lowest BCUT2D eigenvalue weighted by Crippen LogP contribution is -1.85. The van der Waals surface area contributed by atoms with Crippen molar-refractivity contribution in [1.29, 1.82) is 5.26 Å². The molecule has 2 aromatic rings. The van der Waals surface area contributed by atoms with Crippen LogP contribution >= 0.6 is 23.3 Å². The number of aromatic nitrogens is 2. The molecule has 0 saturated carbocycles. The summed E-state index contributed by atoms with van der Waals surface area (Å²) in [5, 5.41) is 8.98. The SMILES string of the molecule is Cc1cccc(C#N)c1Sc1ncns1. The second kappa shape index (κ2) is 4.43. The molecule has 15 heavy (non-hydrogen) atoms. The van der Waals surface area contributed by atoms with Crippen LogP contribution in [-0.4, -0.2) is 9.36 Å². The van der Waals surface area contributed by atoms with Crippen LogP contribution in [0.4, 0.5) is 0 Å². The molecule has 0 spiro atoms. The van der Waals surface area contributed by atoms with Gasteiger partial charge in [0.15, 0.2) is 4.34 Å². The van der Waals surface area contributed by atoms with Crippen molar-refractivity contribution >= 4 is 23.3 Å². The van der Waals surface area contributed by atoms with Crippen LogP contribution in [0.2, 0.25) is 0 Å². The van der Waals surface area contributed by atoms with Gasteiger partial charge in [-0.2, -0.15) is 9.64 Å². The predicted octanol–water partition coefficient (Wildman–Crippen LogP) is 2.87. The third-order valence-electron chi connectivity index (χ3n) is 1.86. The lowest BCUT2D eigenvalue weighted by molar-refractivity contribution is 1.20. The smallest absolute Gasteiger partial charge is 0.174 e. The predicted molar refractivity (Wildman–Crippen MR) is 59.9 cm³/mol. The van der Waals surface area contributed by atoms with Crippen LogP contribution < -0.4 is 0 Å². The number of hydrogen-bond acceptors (Lipinski definition) is 5. The minimum absolute atomic E-state index is 0.690. The maximum atomic E-state index is 8.98. The van der Waals surface area contributed by atoms with E-state index in [0.29, 0.717) is 5.56 Å². The highest BCUT2D eigenvalue weighted by Crippen LogP contribution is 2.33. The van der Waals surface area contributed by atoms with Gasteiger partial charge in [0.1, 0.15) is 12.4 Å². The molecule has 3 nitrogen and oxygen atoms in total. The molecule has 0 unspecified atom stereocenters. The second-order valence-electron chi connectivity index (χ2n) is 2.87. The third kappa shape index (κ3) is 2.17. The van der Waals surface area contributed by atoms with Crippen molar-refractivity contribution < 1.29 is 0 Å². The van der Waals surface area contributed by atoms with Crippen LogP contribution in [0.3, 0.4) is 0 Å². The number of nitrogens with zero attached hydrogens (tertiary/aromatic N) is 3. The molecule has 0 atom stereocenters. The molecule has 74 valence electrons. The van der Waals surface area contributed by atoms with E-state index in [1.54, 1.807) is 0 Å². The van der Waals surface area contributed by atoms with Gasteiger partial charge in [0.05, 0.1) is 5.56 Å². The summed E-state index contributed by atoms with van der Waals surface area (Å²) in [4.78, 5) is 5.06. The van der Waals surface area contributed by atoms with Crippen LogP contribution in [0.15, 0.2) is 33.8 Å². The van der Waals surface area contributed by atoms with E-state index in [9.17, 15) is 0 Å². The molecule has 0 aliphatic heterocycles. The first kappa shape index (κ1) is 10.1. The summed E-state index contributed by atoms with van der Waals surface area (Å²) in [5.74, 6) is 0. The maximum absolute atomic E-state index is 8.98. The molecule has 0 amide bonds. The van der Waals surface area contributed by atoms with Gasteiger partial charge in [-0.25, -0.2) is 4.98 Å². The van der Waals surface area contributed by atoms with Gasteiger partial charge in [-0.05, 0) is 30.1 Å². The van der Waals surface area contributed by atoms with Gasteiger partial charge in [-0.3, -0.25) is 0 Å². The molecule has 0 aliphatic rings. The van der Waals surface area contributed by atoms with Gasteiger partial charge in [0.25, 0.3) is 0 Å². The zero-order valence-corrected chi connectivity index (χ0v) is 9.60. The average Bonchev–Trinajstić information content (AvgIpc) is 2.74. The van der Waals surface area contributed by atoms with Crippen LogP contribution in [0, 0.1) is 18.3 Å². The molecule has 5 heteroatoms. The summed E-state index contributed by atoms with van der Waals surface area (Å²) in [5.41, 5.74) is 1.78. The Hall–Kier alpha value is -1.38. The fourth-order valence-corrected chi connectivity index (χ4v) is 2.71. The molecule has 2 rings (SSSR count). The highest BCUT2D eigenvalue weighted by atomic mass is 32.2. The Labute approximate surface area is 96.0 Å². The largest absolute Gasteiger partial charge is 0.216 e. The van der Waals surface area contributed by atoms with Crippen molar-refractivity contribution in [3.8, 4) is 6.07 Å². The zero-order valence-electron chi connectivity index (χ0n) is 7.97. The van der Waals surface area contributed by atoms with Gasteiger partial charge < -0.3 is 0 Å². The Kier molecular flexibility index (Phi) is 2.99. The van der Waals surface area contributed by atoms with E-state index < -0.39 is 0 Å². The summed E-state index contributed by atoms with van der Waals surface area (Å²) in [6.45, 7) is 1.99. The lowest BCUT2D eigenvalue weighted by Gasteiger charge is -2.04. The summed E-state index contributed by atoms with van der Waals surface area (Å²) < 4.78 is 4.79. The second-order valence-corrected chi connectivity index (χ2v) is 4.91. The Balaban J connectivity index is 2.40. The molecule has 1 aromatic carbocycles. The zero-order chi connectivity index (χ0) is 10.7. The topological polar surface area (TPSA) is 49.6 Å². The van der Waals surface area contributed by atoms with Crippen LogP contribution in [-0.2, 0) is 0 Å². The van der Waals surface area contributed by atoms with Crippen molar-refractivity contribution in [1.82, 2.24) is 9.36 Å². The molecule has 0 fully saturated rings. The minimum Gasteiger partial charge on any atom is -0.216 e. The van der Waals surface area contributed by atoms with E-state index in [0.717, 1.165) is 14.8 Å². The number of aryl methyl sites for hydroxylation is 1. The molecular weight excluding hydrogens is 226 g/mol. The van der Waals surface area contributed by atoms with E-state index in [2.05, 4.69) is 15.4 Å². The standard InChI is InChI=1S/C10H7N3S2/c1-7-3-2-4-8(5-11)9(7)14-10-12-6-13-15-10/h2-4,6H,1H3. The first-order chi connectivity index (χ1) is 7.31. The Morgan fingerprint density at radius 3 is 3.00 bits per heavy atom. The quantitative estimate of drug-likeness (QED) is 0.800. The molecule has 0 bridgehead atoms. The maximum Gasteiger partial charge on any atom is 0.174 e. The van der Waals surface area contributed by atoms with Crippen molar-refractivity contribution in [3.05, 3.63) is 35.7 Å². The average molecular weight is 233 g/mol. The fourth-order valence-electron chi connectivity index (χ4n) is 1.17. The monoisotopic (exact) mass is 233 g/mol. The van der Waals surface area contributed by atoms with E-state index >= 15 is 0 Å². The van der Waals surface area contributed by atoms with Crippen LogP contribution in [0.1, 0.15) is 11.1 Å². The lowest BCUT2D eigenvalue weighted by atomic mass is 10.1. The minimum atomic E-state index is 0.690. The summed E-state index contributed by atoms with van der Waals surface area (Å²) in [6.07, 6.45) is 1.53. The van der Waals surface area contributed by atoms with Crippen molar-refractivity contribution in [2.45, 2.75) is 16.2 Å². The number of benzene rings is 1. The molecule has 1 heterocycles. The molecule has 0 radical (unpaired) electrons. The molecule has 1 aromatic heterocycles. The summed E-state index contributed by atoms with van der Waals surface area (Å²) in [6, 6.07) is 7.88. The number of hydrogen-bond donors (Lipinski definition) is 0. The van der Waals surface area contributed by atoms with Crippen molar-refractivity contribution in [3.63, 3.8) is 0 Å².